The average molecular weight is 299 g/mol. The Morgan fingerprint density at radius 2 is 1.27 bits per heavy atom. The number of nitrogens with zero attached hydrogens (tertiary/aromatic N) is 1. The lowest BCUT2D eigenvalue weighted by Crippen LogP contribution is -2.24. The number of hydrogen-bond acceptors (Lipinski definition) is 4. The van der Waals surface area contributed by atoms with E-state index in [-0.39, 0.29) is 22.9 Å². The van der Waals surface area contributed by atoms with Crippen LogP contribution in [0.3, 0.4) is 0 Å². The van der Waals surface area contributed by atoms with Crippen molar-refractivity contribution >= 4 is 23.3 Å². The number of aromatic hydroxyl groups is 2. The molecule has 2 aromatic rings. The number of phenols is 2. The first-order valence-electron chi connectivity index (χ1n) is 6.32. The van der Waals surface area contributed by atoms with Crippen LogP contribution >= 0.6 is 0 Å². The minimum atomic E-state index is -1.28. The first-order valence-corrected chi connectivity index (χ1v) is 6.32. The molecule has 6 nitrogen and oxygen atoms in total. The molecule has 22 heavy (non-hydrogen) atoms. The standard InChI is InChI=1S/C16H13NO5/c18-13-7-3-1-5-11(13)17(15(20)9-10-16(21)22)12-6-2-4-8-14(12)19/h1-10,18-19H,(H,21,22)/b10-9-. The molecule has 0 aliphatic rings. The Kier molecular flexibility index (Phi) is 4.43. The van der Waals surface area contributed by atoms with E-state index in [0.29, 0.717) is 6.08 Å². The van der Waals surface area contributed by atoms with Gasteiger partial charge in [0.2, 0.25) is 0 Å². The van der Waals surface area contributed by atoms with Crippen LogP contribution in [0.4, 0.5) is 11.4 Å². The topological polar surface area (TPSA) is 98.1 Å². The lowest BCUT2D eigenvalue weighted by molar-refractivity contribution is -0.131. The monoisotopic (exact) mass is 299 g/mol. The number of para-hydroxylation sites is 4. The maximum atomic E-state index is 12.3. The Labute approximate surface area is 126 Å². The lowest BCUT2D eigenvalue weighted by Gasteiger charge is -2.23. The van der Waals surface area contributed by atoms with Crippen molar-refractivity contribution in [3.05, 3.63) is 60.7 Å². The molecule has 0 spiro atoms. The normalized spacial score (nSPS) is 10.5. The van der Waals surface area contributed by atoms with Crippen LogP contribution in [0, 0.1) is 0 Å². The van der Waals surface area contributed by atoms with E-state index in [1.54, 1.807) is 24.3 Å². The lowest BCUT2D eigenvalue weighted by atomic mass is 10.2. The predicted octanol–water partition coefficient (Wildman–Crippen LogP) is 2.40. The molecule has 2 aromatic carbocycles. The van der Waals surface area contributed by atoms with E-state index < -0.39 is 11.9 Å². The second-order valence-corrected chi connectivity index (χ2v) is 4.32. The zero-order valence-corrected chi connectivity index (χ0v) is 11.4. The van der Waals surface area contributed by atoms with Gasteiger partial charge in [0.1, 0.15) is 11.5 Å². The molecule has 0 aliphatic carbocycles. The third-order valence-corrected chi connectivity index (χ3v) is 2.83. The van der Waals surface area contributed by atoms with Gasteiger partial charge in [-0.2, -0.15) is 0 Å². The van der Waals surface area contributed by atoms with Gasteiger partial charge in [0.25, 0.3) is 5.91 Å². The van der Waals surface area contributed by atoms with Crippen molar-refractivity contribution in [3.63, 3.8) is 0 Å². The van der Waals surface area contributed by atoms with Gasteiger partial charge in [-0.1, -0.05) is 24.3 Å². The summed E-state index contributed by atoms with van der Waals surface area (Å²) in [7, 11) is 0. The molecular weight excluding hydrogens is 286 g/mol. The van der Waals surface area contributed by atoms with Gasteiger partial charge in [-0.3, -0.25) is 9.69 Å². The molecule has 0 unspecified atom stereocenters. The highest BCUT2D eigenvalue weighted by Crippen LogP contribution is 2.37. The highest BCUT2D eigenvalue weighted by atomic mass is 16.4. The van der Waals surface area contributed by atoms with Crippen LogP contribution in [-0.2, 0) is 9.59 Å². The van der Waals surface area contributed by atoms with Crippen molar-refractivity contribution in [3.8, 4) is 11.5 Å². The number of aliphatic carboxylic acids is 1. The molecule has 0 radical (unpaired) electrons. The number of benzene rings is 2. The van der Waals surface area contributed by atoms with Crippen LogP contribution in [0.1, 0.15) is 0 Å². The summed E-state index contributed by atoms with van der Waals surface area (Å²) in [4.78, 5) is 23.9. The van der Waals surface area contributed by atoms with Gasteiger partial charge >= 0.3 is 5.97 Å². The molecular formula is C16H13NO5. The summed E-state index contributed by atoms with van der Waals surface area (Å²) < 4.78 is 0. The van der Waals surface area contributed by atoms with Crippen molar-refractivity contribution in [2.24, 2.45) is 0 Å². The summed E-state index contributed by atoms with van der Waals surface area (Å²) in [6.45, 7) is 0. The molecule has 3 N–H and O–H groups in total. The van der Waals surface area contributed by atoms with Gasteiger partial charge in [0.15, 0.2) is 0 Å². The van der Waals surface area contributed by atoms with E-state index >= 15 is 0 Å². The SMILES string of the molecule is O=C(O)/C=C\C(=O)N(c1ccccc1O)c1ccccc1O. The third-order valence-electron chi connectivity index (χ3n) is 2.83. The number of anilines is 2. The van der Waals surface area contributed by atoms with Crippen molar-refractivity contribution in [1.82, 2.24) is 0 Å². The van der Waals surface area contributed by atoms with Crippen LogP contribution < -0.4 is 4.90 Å². The molecule has 1 amide bonds. The van der Waals surface area contributed by atoms with E-state index in [0.717, 1.165) is 11.0 Å². The minimum absolute atomic E-state index is 0.129. The number of carbonyl (C=O) groups is 2. The van der Waals surface area contributed by atoms with Crippen molar-refractivity contribution in [2.75, 3.05) is 4.90 Å². The predicted molar refractivity (Wildman–Crippen MR) is 80.1 cm³/mol. The highest BCUT2D eigenvalue weighted by molar-refractivity contribution is 6.10. The number of amides is 1. The van der Waals surface area contributed by atoms with E-state index in [1.807, 2.05) is 0 Å². The Morgan fingerprint density at radius 3 is 1.68 bits per heavy atom. The highest BCUT2D eigenvalue weighted by Gasteiger charge is 2.21. The molecule has 6 heteroatoms. The maximum Gasteiger partial charge on any atom is 0.328 e. The van der Waals surface area contributed by atoms with Crippen LogP contribution in [0.5, 0.6) is 11.5 Å². The van der Waals surface area contributed by atoms with Crippen molar-refractivity contribution in [1.29, 1.82) is 0 Å². The fraction of sp³-hybridized carbons (Fsp3) is 0. The molecule has 0 saturated heterocycles. The Morgan fingerprint density at radius 1 is 0.818 bits per heavy atom. The summed E-state index contributed by atoms with van der Waals surface area (Å²) in [5, 5.41) is 28.5. The Bertz CT molecular complexity index is 693. The second kappa shape index (κ2) is 6.45. The molecule has 0 bridgehead atoms. The molecule has 0 aromatic heterocycles. The smallest absolute Gasteiger partial charge is 0.328 e. The summed E-state index contributed by atoms with van der Waals surface area (Å²) in [5.74, 6) is -2.35. The fourth-order valence-electron chi connectivity index (χ4n) is 1.89. The number of carboxylic acids is 1. The van der Waals surface area contributed by atoms with Crippen LogP contribution in [-0.4, -0.2) is 27.2 Å². The molecule has 0 atom stereocenters. The number of hydrogen-bond donors (Lipinski definition) is 3. The fourth-order valence-corrected chi connectivity index (χ4v) is 1.89. The number of rotatable bonds is 4. The van der Waals surface area contributed by atoms with Crippen molar-refractivity contribution < 1.29 is 24.9 Å². The van der Waals surface area contributed by atoms with E-state index in [1.165, 1.54) is 24.3 Å². The van der Waals surface area contributed by atoms with Crippen LogP contribution in [0.25, 0.3) is 0 Å². The van der Waals surface area contributed by atoms with Gasteiger partial charge in [-0.05, 0) is 24.3 Å². The summed E-state index contributed by atoms with van der Waals surface area (Å²) in [6.07, 6.45) is 1.54. The van der Waals surface area contributed by atoms with Gasteiger partial charge in [0.05, 0.1) is 11.4 Å². The van der Waals surface area contributed by atoms with Gasteiger partial charge in [0, 0.05) is 12.2 Å². The van der Waals surface area contributed by atoms with Gasteiger partial charge in [-0.15, -0.1) is 0 Å². The van der Waals surface area contributed by atoms with Crippen LogP contribution in [0.2, 0.25) is 0 Å². The first-order chi connectivity index (χ1) is 10.5. The molecule has 0 heterocycles. The van der Waals surface area contributed by atoms with E-state index in [4.69, 9.17) is 5.11 Å². The molecule has 0 aliphatic heterocycles. The minimum Gasteiger partial charge on any atom is -0.506 e. The number of carbonyl (C=O) groups excluding carboxylic acids is 1. The average Bonchev–Trinajstić information content (AvgIpc) is 2.49. The van der Waals surface area contributed by atoms with Gasteiger partial charge < -0.3 is 15.3 Å². The van der Waals surface area contributed by atoms with E-state index in [9.17, 15) is 19.8 Å². The third kappa shape index (κ3) is 3.24. The summed E-state index contributed by atoms with van der Waals surface area (Å²) in [5.41, 5.74) is 0.257. The van der Waals surface area contributed by atoms with E-state index in [2.05, 4.69) is 0 Å². The molecule has 112 valence electrons. The molecule has 0 saturated carbocycles. The zero-order chi connectivity index (χ0) is 16.1. The zero-order valence-electron chi connectivity index (χ0n) is 11.4. The number of carboxylic acid groups (broad SMARTS) is 1. The van der Waals surface area contributed by atoms with Crippen molar-refractivity contribution in [2.45, 2.75) is 0 Å². The quantitative estimate of drug-likeness (QED) is 0.753. The second-order valence-electron chi connectivity index (χ2n) is 4.32. The largest absolute Gasteiger partial charge is 0.506 e. The number of phenolic OH excluding ortho intramolecular Hbond substituents is 2. The summed E-state index contributed by atoms with van der Waals surface area (Å²) in [6, 6.07) is 12.1. The maximum absolute atomic E-state index is 12.3. The molecule has 2 rings (SSSR count). The van der Waals surface area contributed by atoms with Crippen LogP contribution in [0.15, 0.2) is 60.7 Å². The summed E-state index contributed by atoms with van der Waals surface area (Å²) >= 11 is 0. The Hall–Kier alpha value is -3.28. The Balaban J connectivity index is 2.55. The first kappa shape index (κ1) is 15.1. The van der Waals surface area contributed by atoms with Gasteiger partial charge in [-0.25, -0.2) is 4.79 Å². The molecule has 0 fully saturated rings.